The van der Waals surface area contributed by atoms with Crippen LogP contribution in [0, 0.1) is 0 Å². The molecular weight excluding hydrogens is 493 g/mol. The summed E-state index contributed by atoms with van der Waals surface area (Å²) in [6.45, 7) is 0.00968. The molecule has 3 rings (SSSR count). The van der Waals surface area contributed by atoms with Crippen LogP contribution in [-0.2, 0) is 11.4 Å². The van der Waals surface area contributed by atoms with Gasteiger partial charge in [-0.3, -0.25) is 9.59 Å². The Hall–Kier alpha value is -3.75. The number of amides is 2. The van der Waals surface area contributed by atoms with Crippen molar-refractivity contribution < 1.29 is 23.8 Å². The van der Waals surface area contributed by atoms with Gasteiger partial charge in [0.1, 0.15) is 12.4 Å². The maximum atomic E-state index is 12.3. The van der Waals surface area contributed by atoms with Crippen molar-refractivity contribution in [2.45, 2.75) is 6.61 Å². The molecule has 0 saturated heterocycles. The number of rotatable bonds is 10. The molecular formula is C25H23Cl2N3O5. The molecule has 0 spiro atoms. The summed E-state index contributed by atoms with van der Waals surface area (Å²) in [6.07, 6.45) is 1.41. The van der Waals surface area contributed by atoms with E-state index >= 15 is 0 Å². The zero-order valence-electron chi connectivity index (χ0n) is 19.0. The van der Waals surface area contributed by atoms with Gasteiger partial charge in [-0.25, -0.2) is 5.43 Å². The summed E-state index contributed by atoms with van der Waals surface area (Å²) in [5, 5.41) is 7.56. The highest BCUT2D eigenvalue weighted by Crippen LogP contribution is 2.27. The highest BCUT2D eigenvalue weighted by atomic mass is 35.5. The molecule has 3 aromatic rings. The van der Waals surface area contributed by atoms with E-state index in [-0.39, 0.29) is 13.2 Å². The summed E-state index contributed by atoms with van der Waals surface area (Å²) in [5.74, 6) is 0.460. The molecule has 0 saturated carbocycles. The average Bonchev–Trinajstić information content (AvgIpc) is 2.86. The van der Waals surface area contributed by atoms with E-state index in [1.54, 1.807) is 36.4 Å². The molecule has 0 aliphatic rings. The van der Waals surface area contributed by atoms with Crippen LogP contribution in [0.25, 0.3) is 0 Å². The topological polar surface area (TPSA) is 98.2 Å². The normalized spacial score (nSPS) is 10.6. The van der Waals surface area contributed by atoms with Gasteiger partial charge in [-0.1, -0.05) is 35.3 Å². The van der Waals surface area contributed by atoms with E-state index in [4.69, 9.17) is 37.4 Å². The molecule has 0 heterocycles. The number of nitrogens with one attached hydrogen (secondary N) is 2. The van der Waals surface area contributed by atoms with Crippen LogP contribution in [0.3, 0.4) is 0 Å². The van der Waals surface area contributed by atoms with Crippen LogP contribution >= 0.6 is 23.2 Å². The van der Waals surface area contributed by atoms with Crippen molar-refractivity contribution in [3.05, 3.63) is 87.4 Å². The van der Waals surface area contributed by atoms with Gasteiger partial charge in [-0.2, -0.15) is 5.10 Å². The predicted octanol–water partition coefficient (Wildman–Crippen LogP) is 4.47. The second kappa shape index (κ2) is 12.6. The van der Waals surface area contributed by atoms with Crippen LogP contribution in [0.5, 0.6) is 17.2 Å². The van der Waals surface area contributed by atoms with Crippen molar-refractivity contribution in [2.24, 2.45) is 5.10 Å². The van der Waals surface area contributed by atoms with Gasteiger partial charge < -0.3 is 19.5 Å². The van der Waals surface area contributed by atoms with E-state index in [1.807, 2.05) is 18.2 Å². The van der Waals surface area contributed by atoms with Crippen LogP contribution in [-0.4, -0.2) is 38.8 Å². The molecule has 10 heteroatoms. The molecule has 35 heavy (non-hydrogen) atoms. The lowest BCUT2D eigenvalue weighted by Crippen LogP contribution is -2.34. The summed E-state index contributed by atoms with van der Waals surface area (Å²) < 4.78 is 16.2. The van der Waals surface area contributed by atoms with Crippen molar-refractivity contribution in [3.8, 4) is 17.2 Å². The molecule has 3 aromatic carbocycles. The Balaban J connectivity index is 1.55. The lowest BCUT2D eigenvalue weighted by Gasteiger charge is -2.10. The van der Waals surface area contributed by atoms with Gasteiger partial charge in [0.05, 0.1) is 27.0 Å². The minimum absolute atomic E-state index is 0.280. The maximum Gasteiger partial charge on any atom is 0.259 e. The van der Waals surface area contributed by atoms with Gasteiger partial charge in [0.15, 0.2) is 11.5 Å². The van der Waals surface area contributed by atoms with E-state index in [9.17, 15) is 9.59 Å². The first-order valence-electron chi connectivity index (χ1n) is 10.4. The number of methoxy groups -OCH3 is 2. The van der Waals surface area contributed by atoms with Gasteiger partial charge >= 0.3 is 0 Å². The maximum absolute atomic E-state index is 12.3. The molecule has 0 aromatic heterocycles. The highest BCUT2D eigenvalue weighted by molar-refractivity contribution is 6.31. The molecule has 0 aliphatic carbocycles. The number of hydrogen-bond acceptors (Lipinski definition) is 6. The first-order valence-corrected chi connectivity index (χ1v) is 11.1. The average molecular weight is 516 g/mol. The van der Waals surface area contributed by atoms with E-state index in [0.29, 0.717) is 38.4 Å². The van der Waals surface area contributed by atoms with E-state index in [0.717, 1.165) is 5.56 Å². The fraction of sp³-hybridized carbons (Fsp3) is 0.160. The minimum Gasteiger partial charge on any atom is -0.493 e. The fourth-order valence-electron chi connectivity index (χ4n) is 2.99. The van der Waals surface area contributed by atoms with E-state index in [2.05, 4.69) is 15.8 Å². The summed E-state index contributed by atoms with van der Waals surface area (Å²) in [5.41, 5.74) is 4.14. The molecule has 0 fully saturated rings. The molecule has 2 amide bonds. The van der Waals surface area contributed by atoms with Crippen LogP contribution < -0.4 is 25.0 Å². The second-order valence-corrected chi connectivity index (χ2v) is 8.02. The minimum atomic E-state index is -0.515. The van der Waals surface area contributed by atoms with Gasteiger partial charge in [0.25, 0.3) is 11.8 Å². The third-order valence-corrected chi connectivity index (χ3v) is 5.17. The smallest absolute Gasteiger partial charge is 0.259 e. The number of ether oxygens (including phenoxy) is 3. The molecule has 0 aliphatic heterocycles. The highest BCUT2D eigenvalue weighted by Gasteiger charge is 2.12. The third kappa shape index (κ3) is 7.63. The molecule has 8 nitrogen and oxygen atoms in total. The SMILES string of the molecule is COc1ccc(C(=O)NCC(=O)NN=Cc2cc(Cl)ccc2OCc2cccc(Cl)c2)cc1OC. The number of nitrogens with zero attached hydrogens (tertiary/aromatic N) is 1. The van der Waals surface area contributed by atoms with Crippen LogP contribution in [0.4, 0.5) is 0 Å². The zero-order valence-corrected chi connectivity index (χ0v) is 20.5. The Bertz CT molecular complexity index is 1230. The number of hydrogen-bond donors (Lipinski definition) is 2. The molecule has 0 radical (unpaired) electrons. The molecule has 0 bridgehead atoms. The third-order valence-electron chi connectivity index (χ3n) is 4.70. The molecule has 0 unspecified atom stereocenters. The Kier molecular flexibility index (Phi) is 9.34. The number of halogens is 2. The summed E-state index contributed by atoms with van der Waals surface area (Å²) in [6, 6.07) is 17.1. The van der Waals surface area contributed by atoms with Crippen LogP contribution in [0.15, 0.2) is 65.8 Å². The van der Waals surface area contributed by atoms with Crippen LogP contribution in [0.1, 0.15) is 21.5 Å². The van der Waals surface area contributed by atoms with Crippen molar-refractivity contribution in [1.82, 2.24) is 10.7 Å². The quantitative estimate of drug-likeness (QED) is 0.306. The number of hydrazone groups is 1. The fourth-order valence-corrected chi connectivity index (χ4v) is 3.39. The standard InChI is InChI=1S/C25H23Cl2N3O5/c1-33-22-8-6-17(12-23(22)34-2)25(32)28-14-24(31)30-29-13-18-11-20(27)7-9-21(18)35-15-16-4-3-5-19(26)10-16/h3-13H,14-15H2,1-2H3,(H,28,32)(H,30,31). The first kappa shape index (κ1) is 25.9. The van der Waals surface area contributed by atoms with Gasteiger partial charge in [-0.15, -0.1) is 0 Å². The largest absolute Gasteiger partial charge is 0.493 e. The predicted molar refractivity (Wildman–Crippen MR) is 135 cm³/mol. The number of benzene rings is 3. The van der Waals surface area contributed by atoms with Crippen molar-refractivity contribution in [2.75, 3.05) is 20.8 Å². The number of carbonyl (C=O) groups excluding carboxylic acids is 2. The zero-order chi connectivity index (χ0) is 25.2. The molecule has 0 atom stereocenters. The van der Waals surface area contributed by atoms with Crippen molar-refractivity contribution in [1.29, 1.82) is 0 Å². The Morgan fingerprint density at radius 3 is 2.40 bits per heavy atom. The molecule has 2 N–H and O–H groups in total. The number of carbonyl (C=O) groups is 2. The summed E-state index contributed by atoms with van der Waals surface area (Å²) in [4.78, 5) is 24.5. The monoisotopic (exact) mass is 515 g/mol. The van der Waals surface area contributed by atoms with Gasteiger partial charge in [0.2, 0.25) is 0 Å². The van der Waals surface area contributed by atoms with Gasteiger partial charge in [0, 0.05) is 21.2 Å². The Labute approximate surface area is 212 Å². The lowest BCUT2D eigenvalue weighted by molar-refractivity contribution is -0.120. The van der Waals surface area contributed by atoms with E-state index < -0.39 is 11.8 Å². The summed E-state index contributed by atoms with van der Waals surface area (Å²) in [7, 11) is 2.97. The Morgan fingerprint density at radius 1 is 0.914 bits per heavy atom. The second-order valence-electron chi connectivity index (χ2n) is 7.15. The molecule has 182 valence electrons. The van der Waals surface area contributed by atoms with Crippen molar-refractivity contribution >= 4 is 41.2 Å². The first-order chi connectivity index (χ1) is 16.9. The summed E-state index contributed by atoms with van der Waals surface area (Å²) >= 11 is 12.1. The Morgan fingerprint density at radius 2 is 1.66 bits per heavy atom. The van der Waals surface area contributed by atoms with Gasteiger partial charge in [-0.05, 0) is 54.1 Å². The van der Waals surface area contributed by atoms with Crippen LogP contribution in [0.2, 0.25) is 10.0 Å². The lowest BCUT2D eigenvalue weighted by atomic mass is 10.2. The van der Waals surface area contributed by atoms with Crippen molar-refractivity contribution in [3.63, 3.8) is 0 Å². The van der Waals surface area contributed by atoms with E-state index in [1.165, 1.54) is 26.5 Å².